The third kappa shape index (κ3) is 4.34. The van der Waals surface area contributed by atoms with Gasteiger partial charge in [-0.3, -0.25) is 0 Å². The number of aromatic nitrogens is 1. The second kappa shape index (κ2) is 9.00. The molecule has 0 spiro atoms. The van der Waals surface area contributed by atoms with Crippen LogP contribution >= 0.6 is 27.5 Å². The van der Waals surface area contributed by atoms with Crippen molar-refractivity contribution in [1.29, 1.82) is 0 Å². The zero-order valence-corrected chi connectivity index (χ0v) is 16.8. The molecule has 0 atom stereocenters. The topological polar surface area (TPSA) is 74.7 Å². The van der Waals surface area contributed by atoms with Crippen LogP contribution in [-0.4, -0.2) is 37.2 Å². The van der Waals surface area contributed by atoms with Crippen molar-refractivity contribution >= 4 is 56.4 Å². The SMILES string of the molecule is CCOC(=O)C(=Cc1cc2ccc(OC)c(Br)c2nc1Cl)C(=O)OCC. The molecule has 1 aromatic carbocycles. The molecular weight excluding hydrogens is 426 g/mol. The standard InChI is InChI=1S/C18H17BrClNO5/c1-4-25-17(22)12(18(23)26-5-2)9-11-8-10-6-7-13(24-3)14(19)15(10)21-16(11)20/h6-9H,4-5H2,1-3H3. The molecule has 0 saturated carbocycles. The van der Waals surface area contributed by atoms with Crippen LogP contribution in [0, 0.1) is 0 Å². The highest BCUT2D eigenvalue weighted by atomic mass is 79.9. The van der Waals surface area contributed by atoms with Gasteiger partial charge < -0.3 is 14.2 Å². The minimum atomic E-state index is -0.780. The smallest absolute Gasteiger partial charge is 0.345 e. The molecule has 0 bridgehead atoms. The van der Waals surface area contributed by atoms with Crippen LogP contribution in [0.2, 0.25) is 5.15 Å². The van der Waals surface area contributed by atoms with Crippen molar-refractivity contribution in [2.75, 3.05) is 20.3 Å². The Hall–Kier alpha value is -2.12. The number of nitrogens with zero attached hydrogens (tertiary/aromatic N) is 1. The maximum atomic E-state index is 12.1. The van der Waals surface area contributed by atoms with E-state index in [4.69, 9.17) is 25.8 Å². The zero-order valence-electron chi connectivity index (χ0n) is 14.5. The van der Waals surface area contributed by atoms with Gasteiger partial charge in [-0.2, -0.15) is 0 Å². The molecule has 138 valence electrons. The van der Waals surface area contributed by atoms with Crippen LogP contribution in [0.15, 0.2) is 28.2 Å². The molecule has 6 nitrogen and oxygen atoms in total. The highest BCUT2D eigenvalue weighted by Crippen LogP contribution is 2.34. The van der Waals surface area contributed by atoms with Gasteiger partial charge in [0.2, 0.25) is 0 Å². The second-order valence-corrected chi connectivity index (χ2v) is 6.17. The fourth-order valence-corrected chi connectivity index (χ4v) is 3.02. The summed E-state index contributed by atoms with van der Waals surface area (Å²) in [6.07, 6.45) is 1.32. The van der Waals surface area contributed by atoms with Crippen molar-refractivity contribution in [3.8, 4) is 5.75 Å². The summed E-state index contributed by atoms with van der Waals surface area (Å²) in [7, 11) is 1.55. The molecule has 2 aromatic rings. The van der Waals surface area contributed by atoms with Gasteiger partial charge in [-0.25, -0.2) is 14.6 Å². The number of pyridine rings is 1. The van der Waals surface area contributed by atoms with Gasteiger partial charge in [0.1, 0.15) is 16.5 Å². The Labute approximate surface area is 164 Å². The largest absolute Gasteiger partial charge is 0.495 e. The molecule has 0 aliphatic rings. The van der Waals surface area contributed by atoms with Crippen molar-refractivity contribution in [3.05, 3.63) is 39.0 Å². The lowest BCUT2D eigenvalue weighted by Crippen LogP contribution is -2.18. The summed E-state index contributed by atoms with van der Waals surface area (Å²) in [6, 6.07) is 5.29. The Morgan fingerprint density at radius 3 is 2.35 bits per heavy atom. The van der Waals surface area contributed by atoms with E-state index >= 15 is 0 Å². The Morgan fingerprint density at radius 1 is 1.19 bits per heavy atom. The van der Waals surface area contributed by atoms with Crippen molar-refractivity contribution in [2.24, 2.45) is 0 Å². The fourth-order valence-electron chi connectivity index (χ4n) is 2.21. The maximum Gasteiger partial charge on any atom is 0.345 e. The van der Waals surface area contributed by atoms with Gasteiger partial charge in [0.25, 0.3) is 0 Å². The number of methoxy groups -OCH3 is 1. The van der Waals surface area contributed by atoms with E-state index in [0.29, 0.717) is 21.3 Å². The first kappa shape index (κ1) is 20.2. The fraction of sp³-hybridized carbons (Fsp3) is 0.278. The highest BCUT2D eigenvalue weighted by Gasteiger charge is 2.22. The van der Waals surface area contributed by atoms with Gasteiger partial charge in [0, 0.05) is 10.9 Å². The molecule has 26 heavy (non-hydrogen) atoms. The normalized spacial score (nSPS) is 10.3. The molecule has 2 rings (SSSR count). The van der Waals surface area contributed by atoms with Crippen LogP contribution in [0.1, 0.15) is 19.4 Å². The molecule has 0 radical (unpaired) electrons. The van der Waals surface area contributed by atoms with Crippen LogP contribution in [0.5, 0.6) is 5.75 Å². The van der Waals surface area contributed by atoms with Crippen LogP contribution in [0.3, 0.4) is 0 Å². The Kier molecular flexibility index (Phi) is 6.99. The lowest BCUT2D eigenvalue weighted by molar-refractivity contribution is -0.146. The number of rotatable bonds is 6. The van der Waals surface area contributed by atoms with E-state index in [0.717, 1.165) is 5.39 Å². The highest BCUT2D eigenvalue weighted by molar-refractivity contribution is 9.10. The van der Waals surface area contributed by atoms with Crippen molar-refractivity contribution in [1.82, 2.24) is 4.98 Å². The number of hydrogen-bond acceptors (Lipinski definition) is 6. The predicted octanol–water partition coefficient (Wildman–Crippen LogP) is 4.17. The van der Waals surface area contributed by atoms with Crippen LogP contribution in [0.4, 0.5) is 0 Å². The maximum absolute atomic E-state index is 12.1. The van der Waals surface area contributed by atoms with E-state index in [9.17, 15) is 9.59 Å². The quantitative estimate of drug-likeness (QED) is 0.220. The monoisotopic (exact) mass is 441 g/mol. The van der Waals surface area contributed by atoms with Crippen LogP contribution < -0.4 is 4.74 Å². The van der Waals surface area contributed by atoms with E-state index in [1.807, 2.05) is 0 Å². The average molecular weight is 443 g/mol. The molecular formula is C18H17BrClNO5. The molecule has 0 fully saturated rings. The molecule has 0 unspecified atom stereocenters. The van der Waals surface area contributed by atoms with Crippen LogP contribution in [0.25, 0.3) is 17.0 Å². The molecule has 0 aliphatic heterocycles. The minimum absolute atomic E-state index is 0.123. The van der Waals surface area contributed by atoms with E-state index in [2.05, 4.69) is 20.9 Å². The summed E-state index contributed by atoms with van der Waals surface area (Å²) >= 11 is 9.69. The Balaban J connectivity index is 2.58. The van der Waals surface area contributed by atoms with Gasteiger partial charge in [-0.1, -0.05) is 11.6 Å². The first-order valence-electron chi connectivity index (χ1n) is 7.81. The number of halogens is 2. The first-order chi connectivity index (χ1) is 12.4. The van der Waals surface area contributed by atoms with Gasteiger partial charge >= 0.3 is 11.9 Å². The van der Waals surface area contributed by atoms with Crippen molar-refractivity contribution in [3.63, 3.8) is 0 Å². The van der Waals surface area contributed by atoms with Crippen molar-refractivity contribution in [2.45, 2.75) is 13.8 Å². The lowest BCUT2D eigenvalue weighted by Gasteiger charge is -2.10. The summed E-state index contributed by atoms with van der Waals surface area (Å²) in [5, 5.41) is 0.873. The van der Waals surface area contributed by atoms with Crippen molar-refractivity contribution < 1.29 is 23.8 Å². The van der Waals surface area contributed by atoms with Gasteiger partial charge in [0.15, 0.2) is 0 Å². The molecule has 1 aromatic heterocycles. The van der Waals surface area contributed by atoms with Gasteiger partial charge in [-0.15, -0.1) is 0 Å². The van der Waals surface area contributed by atoms with E-state index in [1.165, 1.54) is 6.08 Å². The molecule has 0 saturated heterocycles. The van der Waals surface area contributed by atoms with E-state index in [-0.39, 0.29) is 23.9 Å². The Bertz CT molecular complexity index is 862. The zero-order chi connectivity index (χ0) is 19.3. The summed E-state index contributed by atoms with van der Waals surface area (Å²) in [5.74, 6) is -0.945. The second-order valence-electron chi connectivity index (χ2n) is 5.02. The summed E-state index contributed by atoms with van der Waals surface area (Å²) in [5.41, 5.74) is 0.747. The first-order valence-corrected chi connectivity index (χ1v) is 8.98. The number of esters is 2. The minimum Gasteiger partial charge on any atom is -0.495 e. The van der Waals surface area contributed by atoms with Gasteiger partial charge in [0.05, 0.1) is 30.3 Å². The third-order valence-electron chi connectivity index (χ3n) is 3.38. The van der Waals surface area contributed by atoms with E-state index < -0.39 is 11.9 Å². The number of carbonyl (C=O) groups is 2. The molecule has 0 N–H and O–H groups in total. The van der Waals surface area contributed by atoms with Crippen LogP contribution in [-0.2, 0) is 19.1 Å². The average Bonchev–Trinajstić information content (AvgIpc) is 2.61. The molecule has 0 aliphatic carbocycles. The number of hydrogen-bond donors (Lipinski definition) is 0. The summed E-state index contributed by atoms with van der Waals surface area (Å²) in [6.45, 7) is 3.56. The van der Waals surface area contributed by atoms with E-state index in [1.54, 1.807) is 39.2 Å². The third-order valence-corrected chi connectivity index (χ3v) is 4.45. The summed E-state index contributed by atoms with van der Waals surface area (Å²) in [4.78, 5) is 28.5. The molecule has 8 heteroatoms. The number of fused-ring (bicyclic) bond motifs is 1. The number of ether oxygens (including phenoxy) is 3. The number of carbonyl (C=O) groups excluding carboxylic acids is 2. The van der Waals surface area contributed by atoms with Gasteiger partial charge in [-0.05, 0) is 54.1 Å². The molecule has 0 amide bonds. The lowest BCUT2D eigenvalue weighted by atomic mass is 10.1. The Morgan fingerprint density at radius 2 is 1.81 bits per heavy atom. The predicted molar refractivity (Wildman–Crippen MR) is 102 cm³/mol. The molecule has 1 heterocycles. The number of benzene rings is 1. The summed E-state index contributed by atoms with van der Waals surface area (Å²) < 4.78 is 15.7.